The van der Waals surface area contributed by atoms with Crippen LogP contribution in [0.15, 0.2) is 11.4 Å². The molecule has 0 spiro atoms. The number of urea groups is 1. The lowest BCUT2D eigenvalue weighted by Crippen LogP contribution is -2.20. The summed E-state index contributed by atoms with van der Waals surface area (Å²) in [7, 11) is 0. The van der Waals surface area contributed by atoms with Gasteiger partial charge in [0.15, 0.2) is 0 Å². The number of carboxylic acids is 1. The van der Waals surface area contributed by atoms with Crippen LogP contribution >= 0.6 is 11.3 Å². The van der Waals surface area contributed by atoms with E-state index in [1.807, 2.05) is 0 Å². The van der Waals surface area contributed by atoms with Crippen LogP contribution in [-0.2, 0) is 0 Å². The fourth-order valence-corrected chi connectivity index (χ4v) is 2.33. The first-order valence-electron chi connectivity index (χ1n) is 5.39. The molecule has 2 amide bonds. The van der Waals surface area contributed by atoms with Gasteiger partial charge in [0.2, 0.25) is 0 Å². The molecule has 0 fully saturated rings. The first-order valence-corrected chi connectivity index (χ1v) is 6.27. The van der Waals surface area contributed by atoms with Crippen molar-refractivity contribution >= 4 is 34.0 Å². The van der Waals surface area contributed by atoms with Gasteiger partial charge < -0.3 is 10.4 Å². The van der Waals surface area contributed by atoms with Crippen LogP contribution in [0.3, 0.4) is 0 Å². The zero-order chi connectivity index (χ0) is 14.0. The van der Waals surface area contributed by atoms with E-state index in [0.29, 0.717) is 16.4 Å². The monoisotopic (exact) mass is 280 g/mol. The van der Waals surface area contributed by atoms with Crippen LogP contribution in [0.25, 0.3) is 0 Å². The zero-order valence-corrected chi connectivity index (χ0v) is 11.1. The summed E-state index contributed by atoms with van der Waals surface area (Å²) < 4.78 is 0. The number of anilines is 2. The first kappa shape index (κ1) is 13.1. The Morgan fingerprint density at radius 2 is 2.11 bits per heavy atom. The third-order valence-electron chi connectivity index (χ3n) is 2.49. The van der Waals surface area contributed by atoms with Crippen molar-refractivity contribution in [1.29, 1.82) is 0 Å². The van der Waals surface area contributed by atoms with Crippen LogP contribution in [0.2, 0.25) is 0 Å². The minimum atomic E-state index is -1.08. The molecule has 2 aromatic heterocycles. The summed E-state index contributed by atoms with van der Waals surface area (Å²) in [5, 5.41) is 22.7. The highest BCUT2D eigenvalue weighted by molar-refractivity contribution is 7.14. The average Bonchev–Trinajstić information content (AvgIpc) is 2.91. The van der Waals surface area contributed by atoms with Crippen LogP contribution in [0.4, 0.5) is 15.5 Å². The van der Waals surface area contributed by atoms with E-state index in [2.05, 4.69) is 20.8 Å². The molecule has 0 aliphatic carbocycles. The van der Waals surface area contributed by atoms with E-state index in [1.54, 1.807) is 19.2 Å². The standard InChI is InChI=1S/C11H12N4O3S/c1-5-8(6(2)15-14-5)12-11(18)13-9-7(10(16)17)3-4-19-9/h3-4H,1-2H3,(H,14,15)(H,16,17)(H2,12,13,18). The minimum absolute atomic E-state index is 0.0702. The van der Waals surface area contributed by atoms with Gasteiger partial charge >= 0.3 is 12.0 Å². The second-order valence-electron chi connectivity index (χ2n) is 3.86. The predicted octanol–water partition coefficient (Wildman–Crippen LogP) is 2.43. The SMILES string of the molecule is Cc1n[nH]c(C)c1NC(=O)Nc1sccc1C(=O)O. The molecule has 0 bridgehead atoms. The van der Waals surface area contributed by atoms with Crippen molar-refractivity contribution in [2.24, 2.45) is 0 Å². The first-order chi connectivity index (χ1) is 8.99. The second kappa shape index (κ2) is 5.11. The van der Waals surface area contributed by atoms with Crippen molar-refractivity contribution in [2.45, 2.75) is 13.8 Å². The Labute approximate surface area is 112 Å². The highest BCUT2D eigenvalue weighted by Gasteiger charge is 2.15. The summed E-state index contributed by atoms with van der Waals surface area (Å²) in [5.41, 5.74) is 2.06. The maximum Gasteiger partial charge on any atom is 0.338 e. The molecule has 0 atom stereocenters. The zero-order valence-electron chi connectivity index (χ0n) is 10.3. The third kappa shape index (κ3) is 2.74. The summed E-state index contributed by atoms with van der Waals surface area (Å²) in [6, 6.07) is 0.939. The summed E-state index contributed by atoms with van der Waals surface area (Å²) in [4.78, 5) is 22.7. The van der Waals surface area contributed by atoms with E-state index in [0.717, 1.165) is 17.0 Å². The molecule has 0 saturated carbocycles. The number of carbonyl (C=O) groups is 2. The van der Waals surface area contributed by atoms with E-state index in [4.69, 9.17) is 5.11 Å². The molecule has 0 aliphatic heterocycles. The van der Waals surface area contributed by atoms with Gasteiger partial charge in [-0.05, 0) is 25.3 Å². The van der Waals surface area contributed by atoms with E-state index in [1.165, 1.54) is 6.07 Å². The number of aromatic carboxylic acids is 1. The number of nitrogens with one attached hydrogen (secondary N) is 3. The number of carbonyl (C=O) groups excluding carboxylic acids is 1. The molecular formula is C11H12N4O3S. The van der Waals surface area contributed by atoms with Crippen molar-refractivity contribution in [3.05, 3.63) is 28.4 Å². The number of aromatic nitrogens is 2. The van der Waals surface area contributed by atoms with Gasteiger partial charge in [0.1, 0.15) is 5.00 Å². The maximum atomic E-state index is 11.8. The quantitative estimate of drug-likeness (QED) is 0.692. The molecule has 0 unspecified atom stereocenters. The molecule has 8 heteroatoms. The van der Waals surface area contributed by atoms with Gasteiger partial charge in [-0.2, -0.15) is 5.10 Å². The summed E-state index contributed by atoms with van der Waals surface area (Å²) in [6.07, 6.45) is 0. The molecule has 19 heavy (non-hydrogen) atoms. The van der Waals surface area contributed by atoms with Crippen LogP contribution < -0.4 is 10.6 Å². The number of H-pyrrole nitrogens is 1. The Balaban J connectivity index is 2.10. The molecule has 2 heterocycles. The van der Waals surface area contributed by atoms with Gasteiger partial charge in [0, 0.05) is 0 Å². The number of thiophene rings is 1. The van der Waals surface area contributed by atoms with Crippen LogP contribution in [0, 0.1) is 13.8 Å². The van der Waals surface area contributed by atoms with Crippen molar-refractivity contribution < 1.29 is 14.7 Å². The molecule has 4 N–H and O–H groups in total. The van der Waals surface area contributed by atoms with Gasteiger partial charge in [-0.15, -0.1) is 11.3 Å². The average molecular weight is 280 g/mol. The molecule has 0 aromatic carbocycles. The third-order valence-corrected chi connectivity index (χ3v) is 3.32. The molecule has 2 aromatic rings. The van der Waals surface area contributed by atoms with Gasteiger partial charge in [-0.1, -0.05) is 0 Å². The van der Waals surface area contributed by atoms with Crippen molar-refractivity contribution in [3.8, 4) is 0 Å². The lowest BCUT2D eigenvalue weighted by molar-refractivity contribution is 0.0698. The largest absolute Gasteiger partial charge is 0.478 e. The highest BCUT2D eigenvalue weighted by atomic mass is 32.1. The second-order valence-corrected chi connectivity index (χ2v) is 4.77. The van der Waals surface area contributed by atoms with Crippen molar-refractivity contribution in [2.75, 3.05) is 10.6 Å². The van der Waals surface area contributed by atoms with Gasteiger partial charge in [-0.3, -0.25) is 10.4 Å². The molecule has 0 radical (unpaired) electrons. The maximum absolute atomic E-state index is 11.8. The molecule has 0 saturated heterocycles. The topological polar surface area (TPSA) is 107 Å². The van der Waals surface area contributed by atoms with Crippen molar-refractivity contribution in [1.82, 2.24) is 10.2 Å². The van der Waals surface area contributed by atoms with E-state index in [-0.39, 0.29) is 5.56 Å². The normalized spacial score (nSPS) is 10.2. The number of aromatic amines is 1. The Kier molecular flexibility index (Phi) is 3.52. The number of nitrogens with zero attached hydrogens (tertiary/aromatic N) is 1. The highest BCUT2D eigenvalue weighted by Crippen LogP contribution is 2.24. The lowest BCUT2D eigenvalue weighted by Gasteiger charge is -2.06. The van der Waals surface area contributed by atoms with Gasteiger partial charge in [-0.25, -0.2) is 9.59 Å². The number of amides is 2. The Morgan fingerprint density at radius 3 is 2.68 bits per heavy atom. The van der Waals surface area contributed by atoms with Crippen molar-refractivity contribution in [3.63, 3.8) is 0 Å². The Bertz CT molecular complexity index is 612. The Morgan fingerprint density at radius 1 is 1.37 bits per heavy atom. The molecule has 2 rings (SSSR count). The van der Waals surface area contributed by atoms with Gasteiger partial charge in [0.25, 0.3) is 0 Å². The molecular weight excluding hydrogens is 268 g/mol. The fourth-order valence-electron chi connectivity index (χ4n) is 1.56. The number of carboxylic acid groups (broad SMARTS) is 1. The smallest absolute Gasteiger partial charge is 0.338 e. The number of hydrogen-bond acceptors (Lipinski definition) is 4. The fraction of sp³-hybridized carbons (Fsp3) is 0.182. The van der Waals surface area contributed by atoms with Gasteiger partial charge in [0.05, 0.1) is 22.6 Å². The number of aryl methyl sites for hydroxylation is 2. The Hall–Kier alpha value is -2.35. The van der Waals surface area contributed by atoms with E-state index >= 15 is 0 Å². The predicted molar refractivity (Wildman–Crippen MR) is 72.0 cm³/mol. The summed E-state index contributed by atoms with van der Waals surface area (Å²) in [6.45, 7) is 3.54. The molecule has 0 aliphatic rings. The molecule has 100 valence electrons. The number of rotatable bonds is 3. The summed E-state index contributed by atoms with van der Waals surface area (Å²) >= 11 is 1.15. The summed E-state index contributed by atoms with van der Waals surface area (Å²) in [5.74, 6) is -1.08. The molecule has 7 nitrogen and oxygen atoms in total. The van der Waals surface area contributed by atoms with Crippen LogP contribution in [-0.4, -0.2) is 27.3 Å². The minimum Gasteiger partial charge on any atom is -0.478 e. The number of hydrogen-bond donors (Lipinski definition) is 4. The van der Waals surface area contributed by atoms with E-state index in [9.17, 15) is 9.59 Å². The lowest BCUT2D eigenvalue weighted by atomic mass is 10.3. The van der Waals surface area contributed by atoms with Crippen LogP contribution in [0.5, 0.6) is 0 Å². The van der Waals surface area contributed by atoms with Crippen LogP contribution in [0.1, 0.15) is 21.7 Å². The van der Waals surface area contributed by atoms with E-state index < -0.39 is 12.0 Å².